The van der Waals surface area contributed by atoms with Gasteiger partial charge in [-0.1, -0.05) is 0 Å². The zero-order valence-corrected chi connectivity index (χ0v) is 14.3. The third-order valence-electron chi connectivity index (χ3n) is 3.77. The van der Waals surface area contributed by atoms with Crippen LogP contribution in [0, 0.1) is 10.1 Å². The molecule has 0 fully saturated rings. The Morgan fingerprint density at radius 3 is 2.96 bits per heavy atom. The molecule has 2 heterocycles. The zero-order valence-electron chi connectivity index (χ0n) is 13.5. The largest absolute Gasteiger partial charge is 0.462 e. The Morgan fingerprint density at radius 2 is 2.28 bits per heavy atom. The van der Waals surface area contributed by atoms with Crippen molar-refractivity contribution in [2.24, 2.45) is 0 Å². The molecule has 0 aromatic carbocycles. The van der Waals surface area contributed by atoms with Gasteiger partial charge in [-0.25, -0.2) is 4.79 Å². The molecule has 132 valence electrons. The lowest BCUT2D eigenvalue weighted by Crippen LogP contribution is -2.20. The smallest absolute Gasteiger partial charge is 0.389 e. The summed E-state index contributed by atoms with van der Waals surface area (Å²) in [5, 5.41) is 17.5. The standard InChI is InChI=1S/C15H16N4O5S/c1-2-24-15(21)13-9-4-3-5-10(9)25-14(13)16-12(20)8-18-7-6-11(17-18)19(22)23/h6-7H,2-5,8H2,1H3,(H,16,20). The van der Waals surface area contributed by atoms with E-state index in [-0.39, 0.29) is 19.0 Å². The van der Waals surface area contributed by atoms with E-state index in [2.05, 4.69) is 10.4 Å². The topological polar surface area (TPSA) is 116 Å². The van der Waals surface area contributed by atoms with E-state index in [4.69, 9.17) is 4.74 Å². The lowest BCUT2D eigenvalue weighted by molar-refractivity contribution is -0.389. The highest BCUT2D eigenvalue weighted by atomic mass is 32.1. The molecule has 1 amide bonds. The first-order valence-corrected chi connectivity index (χ1v) is 8.60. The third-order valence-corrected chi connectivity index (χ3v) is 4.98. The van der Waals surface area contributed by atoms with Gasteiger partial charge in [0.1, 0.15) is 11.5 Å². The lowest BCUT2D eigenvalue weighted by atomic mass is 10.1. The molecule has 3 rings (SSSR count). The van der Waals surface area contributed by atoms with Crippen molar-refractivity contribution in [2.45, 2.75) is 32.7 Å². The quantitative estimate of drug-likeness (QED) is 0.477. The van der Waals surface area contributed by atoms with Gasteiger partial charge in [-0.15, -0.1) is 11.3 Å². The first-order valence-electron chi connectivity index (χ1n) is 7.79. The Kier molecular flexibility index (Phi) is 4.79. The number of anilines is 1. The number of carbonyl (C=O) groups excluding carboxylic acids is 2. The second-order valence-electron chi connectivity index (χ2n) is 5.46. The van der Waals surface area contributed by atoms with Crippen molar-refractivity contribution in [1.29, 1.82) is 0 Å². The number of ether oxygens (including phenoxy) is 1. The molecule has 1 aliphatic rings. The number of aryl methyl sites for hydroxylation is 1. The van der Waals surface area contributed by atoms with Gasteiger partial charge in [0.25, 0.3) is 0 Å². The van der Waals surface area contributed by atoms with Crippen LogP contribution in [0.1, 0.15) is 34.1 Å². The molecule has 0 spiro atoms. The van der Waals surface area contributed by atoms with Crippen molar-refractivity contribution in [2.75, 3.05) is 11.9 Å². The lowest BCUT2D eigenvalue weighted by Gasteiger charge is -2.07. The van der Waals surface area contributed by atoms with Crippen molar-refractivity contribution in [3.05, 3.63) is 38.4 Å². The third kappa shape index (κ3) is 3.53. The summed E-state index contributed by atoms with van der Waals surface area (Å²) < 4.78 is 6.29. The van der Waals surface area contributed by atoms with Crippen LogP contribution in [0.3, 0.4) is 0 Å². The van der Waals surface area contributed by atoms with Crippen molar-refractivity contribution >= 4 is 34.0 Å². The summed E-state index contributed by atoms with van der Waals surface area (Å²) in [4.78, 5) is 35.6. The van der Waals surface area contributed by atoms with E-state index in [1.165, 1.54) is 28.3 Å². The number of aromatic nitrogens is 2. The summed E-state index contributed by atoms with van der Waals surface area (Å²) in [7, 11) is 0. The highest BCUT2D eigenvalue weighted by Crippen LogP contribution is 2.39. The zero-order chi connectivity index (χ0) is 18.0. The van der Waals surface area contributed by atoms with Crippen molar-refractivity contribution in [3.63, 3.8) is 0 Å². The molecule has 25 heavy (non-hydrogen) atoms. The van der Waals surface area contributed by atoms with Crippen LogP contribution in [0.4, 0.5) is 10.8 Å². The molecule has 0 saturated heterocycles. The normalized spacial score (nSPS) is 12.7. The second-order valence-corrected chi connectivity index (χ2v) is 6.56. The van der Waals surface area contributed by atoms with Crippen LogP contribution in [-0.2, 0) is 28.9 Å². The van der Waals surface area contributed by atoms with Gasteiger partial charge in [0.15, 0.2) is 0 Å². The van der Waals surface area contributed by atoms with Crippen molar-refractivity contribution < 1.29 is 19.2 Å². The molecule has 0 bridgehead atoms. The number of fused-ring (bicyclic) bond motifs is 1. The number of amides is 1. The molecule has 0 atom stereocenters. The maximum atomic E-state index is 12.2. The van der Waals surface area contributed by atoms with Crippen LogP contribution in [-0.4, -0.2) is 33.2 Å². The number of nitro groups is 1. The van der Waals surface area contributed by atoms with Crippen LogP contribution in [0.15, 0.2) is 12.3 Å². The van der Waals surface area contributed by atoms with Crippen LogP contribution < -0.4 is 5.32 Å². The molecule has 0 radical (unpaired) electrons. The molecule has 2 aromatic rings. The highest BCUT2D eigenvalue weighted by Gasteiger charge is 2.28. The number of nitrogens with zero attached hydrogens (tertiary/aromatic N) is 3. The summed E-state index contributed by atoms with van der Waals surface area (Å²) in [6.07, 6.45) is 4.02. The van der Waals surface area contributed by atoms with E-state index >= 15 is 0 Å². The fraction of sp³-hybridized carbons (Fsp3) is 0.400. The van der Waals surface area contributed by atoms with Gasteiger partial charge in [0.05, 0.1) is 29.5 Å². The summed E-state index contributed by atoms with van der Waals surface area (Å²) >= 11 is 1.38. The number of esters is 1. The molecule has 0 unspecified atom stereocenters. The predicted molar refractivity (Wildman–Crippen MR) is 89.8 cm³/mol. The summed E-state index contributed by atoms with van der Waals surface area (Å²) in [5.41, 5.74) is 1.38. The maximum absolute atomic E-state index is 12.2. The van der Waals surface area contributed by atoms with E-state index in [0.29, 0.717) is 10.6 Å². The molecule has 2 aromatic heterocycles. The van der Waals surface area contributed by atoms with Crippen molar-refractivity contribution in [3.8, 4) is 0 Å². The van der Waals surface area contributed by atoms with E-state index in [9.17, 15) is 19.7 Å². The van der Waals surface area contributed by atoms with Crippen LogP contribution >= 0.6 is 11.3 Å². The number of nitrogens with one attached hydrogen (secondary N) is 1. The van der Waals surface area contributed by atoms with Crippen LogP contribution in [0.2, 0.25) is 0 Å². The first-order chi connectivity index (χ1) is 12.0. The Hall–Kier alpha value is -2.75. The molecular weight excluding hydrogens is 348 g/mol. The average Bonchev–Trinajstić information content (AvgIpc) is 3.22. The number of hydrogen-bond acceptors (Lipinski definition) is 7. The summed E-state index contributed by atoms with van der Waals surface area (Å²) in [5.74, 6) is -1.18. The predicted octanol–water partition coefficient (Wildman–Crippen LogP) is 2.16. The minimum atomic E-state index is -0.628. The fourth-order valence-electron chi connectivity index (χ4n) is 2.76. The van der Waals surface area contributed by atoms with Crippen molar-refractivity contribution in [1.82, 2.24) is 9.78 Å². The first kappa shape index (κ1) is 17.1. The molecule has 9 nitrogen and oxygen atoms in total. The summed E-state index contributed by atoms with van der Waals surface area (Å²) in [6.45, 7) is 1.81. The molecule has 1 aliphatic carbocycles. The second kappa shape index (κ2) is 7.01. The Morgan fingerprint density at radius 1 is 1.48 bits per heavy atom. The van der Waals surface area contributed by atoms with Gasteiger partial charge in [-0.05, 0) is 36.7 Å². The molecule has 10 heteroatoms. The molecule has 1 N–H and O–H groups in total. The number of hydrogen-bond donors (Lipinski definition) is 1. The van der Waals surface area contributed by atoms with E-state index in [1.54, 1.807) is 6.92 Å². The minimum absolute atomic E-state index is 0.182. The van der Waals surface area contributed by atoms with Gasteiger partial charge in [0.2, 0.25) is 5.91 Å². The van der Waals surface area contributed by atoms with Gasteiger partial charge in [0, 0.05) is 4.88 Å². The Bertz CT molecular complexity index is 841. The summed E-state index contributed by atoms with van der Waals surface area (Å²) in [6, 6.07) is 1.22. The van der Waals surface area contributed by atoms with Crippen LogP contribution in [0.25, 0.3) is 0 Å². The van der Waals surface area contributed by atoms with Crippen LogP contribution in [0.5, 0.6) is 0 Å². The van der Waals surface area contributed by atoms with E-state index < -0.39 is 16.8 Å². The highest BCUT2D eigenvalue weighted by molar-refractivity contribution is 7.17. The molecular formula is C15H16N4O5S. The Balaban J connectivity index is 1.76. The molecule has 0 saturated carbocycles. The maximum Gasteiger partial charge on any atom is 0.389 e. The number of carbonyl (C=O) groups is 2. The fourth-order valence-corrected chi connectivity index (χ4v) is 4.05. The SMILES string of the molecule is CCOC(=O)c1c(NC(=O)Cn2ccc([N+](=O)[O-])n2)sc2c1CCC2. The van der Waals surface area contributed by atoms with Gasteiger partial charge < -0.3 is 20.2 Å². The van der Waals surface area contributed by atoms with Gasteiger partial charge in [-0.3, -0.25) is 4.79 Å². The number of thiophene rings is 1. The monoisotopic (exact) mass is 364 g/mol. The van der Waals surface area contributed by atoms with E-state index in [0.717, 1.165) is 29.7 Å². The number of rotatable bonds is 6. The molecule has 0 aliphatic heterocycles. The van der Waals surface area contributed by atoms with Gasteiger partial charge in [-0.2, -0.15) is 4.68 Å². The van der Waals surface area contributed by atoms with Gasteiger partial charge >= 0.3 is 11.8 Å². The van der Waals surface area contributed by atoms with E-state index in [1.807, 2.05) is 0 Å². The Labute approximate surface area is 146 Å². The average molecular weight is 364 g/mol. The minimum Gasteiger partial charge on any atom is -0.462 e.